The van der Waals surface area contributed by atoms with Crippen molar-refractivity contribution in [3.05, 3.63) is 11.6 Å². The van der Waals surface area contributed by atoms with Crippen molar-refractivity contribution < 1.29 is 22.8 Å². The van der Waals surface area contributed by atoms with Gasteiger partial charge in [0.25, 0.3) is 0 Å². The maximum absolute atomic E-state index is 12.1. The minimum atomic E-state index is -4.63. The van der Waals surface area contributed by atoms with Gasteiger partial charge in [-0.25, -0.2) is 0 Å². The highest BCUT2D eigenvalue weighted by Crippen LogP contribution is 2.32. The Bertz CT molecular complexity index is 265. The van der Waals surface area contributed by atoms with E-state index in [0.717, 1.165) is 6.08 Å². The predicted molar refractivity (Wildman–Crippen MR) is 37.9 cm³/mol. The maximum atomic E-state index is 12.1. The highest BCUT2D eigenvalue weighted by Gasteiger charge is 2.42. The number of carbonyl (C=O) groups excluding carboxylic acids is 2. The second kappa shape index (κ2) is 3.32. The predicted octanol–water partition coefficient (Wildman–Crippen LogP) is 1.65. The molecule has 72 valence electrons. The third-order valence-electron chi connectivity index (χ3n) is 1.90. The topological polar surface area (TPSA) is 34.1 Å². The normalized spacial score (nSPS) is 24.1. The molecular weight excluding hydrogens is 185 g/mol. The Kier molecular flexibility index (Phi) is 2.54. The molecule has 0 saturated carbocycles. The van der Waals surface area contributed by atoms with Gasteiger partial charge in [-0.3, -0.25) is 4.79 Å². The number of halogens is 3. The lowest BCUT2D eigenvalue weighted by molar-refractivity contribution is -0.135. The van der Waals surface area contributed by atoms with Crippen LogP contribution in [0.1, 0.15) is 12.8 Å². The van der Waals surface area contributed by atoms with Crippen molar-refractivity contribution in [2.24, 2.45) is 5.92 Å². The average molecular weight is 192 g/mol. The zero-order chi connectivity index (χ0) is 10.1. The van der Waals surface area contributed by atoms with Gasteiger partial charge in [0.15, 0.2) is 5.78 Å². The molecule has 5 heteroatoms. The lowest BCUT2D eigenvalue weighted by atomic mass is 9.88. The number of hydrogen-bond donors (Lipinski definition) is 0. The molecule has 1 unspecified atom stereocenters. The minimum absolute atomic E-state index is 0.129. The van der Waals surface area contributed by atoms with Crippen LogP contribution in [0.2, 0.25) is 0 Å². The molecule has 0 saturated heterocycles. The van der Waals surface area contributed by atoms with Crippen LogP contribution in [-0.2, 0) is 9.59 Å². The Balaban J connectivity index is 2.93. The summed E-state index contributed by atoms with van der Waals surface area (Å²) < 4.78 is 36.3. The number of ketones is 1. The molecule has 0 bridgehead atoms. The van der Waals surface area contributed by atoms with Gasteiger partial charge < -0.3 is 4.79 Å². The molecule has 1 aliphatic carbocycles. The summed E-state index contributed by atoms with van der Waals surface area (Å²) in [6.45, 7) is 0. The number of rotatable bonds is 1. The van der Waals surface area contributed by atoms with Gasteiger partial charge in [0.05, 0.1) is 11.5 Å². The van der Waals surface area contributed by atoms with E-state index >= 15 is 0 Å². The summed E-state index contributed by atoms with van der Waals surface area (Å²) in [6, 6.07) is 0. The molecule has 0 radical (unpaired) electrons. The van der Waals surface area contributed by atoms with Crippen LogP contribution in [0.5, 0.6) is 0 Å². The monoisotopic (exact) mass is 192 g/mol. The molecule has 13 heavy (non-hydrogen) atoms. The van der Waals surface area contributed by atoms with Crippen LogP contribution < -0.4 is 0 Å². The summed E-state index contributed by atoms with van der Waals surface area (Å²) in [4.78, 5) is 21.2. The quantitative estimate of drug-likeness (QED) is 0.467. The first-order valence-corrected chi connectivity index (χ1v) is 3.73. The number of aldehydes is 1. The Morgan fingerprint density at radius 2 is 2.08 bits per heavy atom. The van der Waals surface area contributed by atoms with Gasteiger partial charge in [-0.1, -0.05) is 6.08 Å². The fourth-order valence-corrected chi connectivity index (χ4v) is 1.22. The van der Waals surface area contributed by atoms with Gasteiger partial charge in [-0.15, -0.1) is 0 Å². The zero-order valence-electron chi connectivity index (χ0n) is 6.60. The Morgan fingerprint density at radius 1 is 1.46 bits per heavy atom. The summed E-state index contributed by atoms with van der Waals surface area (Å²) >= 11 is 0. The van der Waals surface area contributed by atoms with Gasteiger partial charge in [-0.2, -0.15) is 13.2 Å². The van der Waals surface area contributed by atoms with Gasteiger partial charge in [-0.05, 0) is 12.8 Å². The van der Waals surface area contributed by atoms with Crippen molar-refractivity contribution in [2.75, 3.05) is 0 Å². The van der Waals surface area contributed by atoms with E-state index in [0.29, 0.717) is 0 Å². The molecule has 0 aliphatic heterocycles. The molecule has 0 aromatic heterocycles. The molecule has 0 aromatic carbocycles. The van der Waals surface area contributed by atoms with Gasteiger partial charge >= 0.3 is 6.18 Å². The van der Waals surface area contributed by atoms with E-state index in [1.165, 1.54) is 0 Å². The van der Waals surface area contributed by atoms with Gasteiger partial charge in [0.1, 0.15) is 6.29 Å². The molecule has 0 heterocycles. The summed E-state index contributed by atoms with van der Waals surface area (Å²) in [7, 11) is 0. The fraction of sp³-hybridized carbons (Fsp3) is 0.500. The van der Waals surface area contributed by atoms with E-state index in [2.05, 4.69) is 0 Å². The van der Waals surface area contributed by atoms with E-state index in [1.54, 1.807) is 0 Å². The van der Waals surface area contributed by atoms with E-state index in [-0.39, 0.29) is 19.1 Å². The molecule has 0 spiro atoms. The van der Waals surface area contributed by atoms with Crippen molar-refractivity contribution in [1.82, 2.24) is 0 Å². The van der Waals surface area contributed by atoms with Crippen LogP contribution in [0.25, 0.3) is 0 Å². The number of carbonyl (C=O) groups is 2. The SMILES string of the molecule is O=CC1CCC=C(C(F)(F)F)C1=O. The number of hydrogen-bond acceptors (Lipinski definition) is 2. The van der Waals surface area contributed by atoms with Crippen LogP contribution in [0, 0.1) is 5.92 Å². The third kappa shape index (κ3) is 1.96. The summed E-state index contributed by atoms with van der Waals surface area (Å²) in [6.07, 6.45) is -3.19. The van der Waals surface area contributed by atoms with Crippen molar-refractivity contribution in [3.63, 3.8) is 0 Å². The Hall–Kier alpha value is -1.13. The van der Waals surface area contributed by atoms with Crippen molar-refractivity contribution in [3.8, 4) is 0 Å². The van der Waals surface area contributed by atoms with Crippen LogP contribution in [0.4, 0.5) is 13.2 Å². The molecule has 0 amide bonds. The van der Waals surface area contributed by atoms with Crippen LogP contribution in [0.3, 0.4) is 0 Å². The first-order valence-electron chi connectivity index (χ1n) is 3.73. The summed E-state index contributed by atoms with van der Waals surface area (Å²) in [5.41, 5.74) is -1.18. The smallest absolute Gasteiger partial charge is 0.303 e. The second-order valence-electron chi connectivity index (χ2n) is 2.80. The van der Waals surface area contributed by atoms with Crippen LogP contribution >= 0.6 is 0 Å². The molecule has 0 N–H and O–H groups in total. The largest absolute Gasteiger partial charge is 0.419 e. The van der Waals surface area contributed by atoms with Crippen molar-refractivity contribution >= 4 is 12.1 Å². The molecule has 2 nitrogen and oxygen atoms in total. The molecular formula is C8H7F3O2. The van der Waals surface area contributed by atoms with Crippen LogP contribution in [-0.4, -0.2) is 18.2 Å². The standard InChI is InChI=1S/C8H7F3O2/c9-8(10,11)6-3-1-2-5(4-12)7(6)13/h3-5H,1-2H2. The second-order valence-corrected chi connectivity index (χ2v) is 2.80. The third-order valence-corrected chi connectivity index (χ3v) is 1.90. The maximum Gasteiger partial charge on any atom is 0.419 e. The van der Waals surface area contributed by atoms with Crippen LogP contribution in [0.15, 0.2) is 11.6 Å². The first-order chi connectivity index (χ1) is 5.96. The summed E-state index contributed by atoms with van der Waals surface area (Å²) in [5, 5.41) is 0. The van der Waals surface area contributed by atoms with Crippen molar-refractivity contribution in [1.29, 1.82) is 0 Å². The Labute approximate surface area is 72.4 Å². The summed E-state index contributed by atoms with van der Waals surface area (Å²) in [5.74, 6) is -2.21. The van der Waals surface area contributed by atoms with E-state index < -0.39 is 23.5 Å². The minimum Gasteiger partial charge on any atom is -0.303 e. The van der Waals surface area contributed by atoms with E-state index in [9.17, 15) is 22.8 Å². The average Bonchev–Trinajstić information content (AvgIpc) is 2.02. The Morgan fingerprint density at radius 3 is 2.54 bits per heavy atom. The number of alkyl halides is 3. The highest BCUT2D eigenvalue weighted by atomic mass is 19.4. The number of allylic oxidation sites excluding steroid dienone is 2. The lowest BCUT2D eigenvalue weighted by Gasteiger charge is -2.18. The zero-order valence-corrected chi connectivity index (χ0v) is 6.60. The van der Waals surface area contributed by atoms with E-state index in [1.807, 2.05) is 0 Å². The van der Waals surface area contributed by atoms with Gasteiger partial charge in [0, 0.05) is 0 Å². The fourth-order valence-electron chi connectivity index (χ4n) is 1.22. The molecule has 1 rings (SSSR count). The molecule has 0 aromatic rings. The molecule has 0 fully saturated rings. The number of Topliss-reactive ketones (excluding diaryl/α,β-unsaturated/α-hetero) is 1. The van der Waals surface area contributed by atoms with Crippen molar-refractivity contribution in [2.45, 2.75) is 19.0 Å². The van der Waals surface area contributed by atoms with E-state index in [4.69, 9.17) is 0 Å². The lowest BCUT2D eigenvalue weighted by Crippen LogP contribution is -2.29. The molecule has 1 atom stereocenters. The molecule has 1 aliphatic rings. The van der Waals surface area contributed by atoms with Gasteiger partial charge in [0.2, 0.25) is 0 Å². The highest BCUT2D eigenvalue weighted by molar-refractivity contribution is 6.06. The first kappa shape index (κ1) is 9.95.